The lowest BCUT2D eigenvalue weighted by atomic mass is 9.80. The molecule has 5 nitrogen and oxygen atoms in total. The molecule has 1 N–H and O–H groups in total. The Hall–Kier alpha value is -2.95. The van der Waals surface area contributed by atoms with Gasteiger partial charge in [0.25, 0.3) is 5.91 Å². The highest BCUT2D eigenvalue weighted by atomic mass is 16.1. The van der Waals surface area contributed by atoms with E-state index in [9.17, 15) is 4.79 Å². The first-order chi connectivity index (χ1) is 12.8. The van der Waals surface area contributed by atoms with E-state index in [1.807, 2.05) is 34.9 Å². The van der Waals surface area contributed by atoms with E-state index in [2.05, 4.69) is 39.8 Å². The molecule has 3 aromatic rings. The third-order valence-corrected chi connectivity index (χ3v) is 5.16. The van der Waals surface area contributed by atoms with Crippen molar-refractivity contribution < 1.29 is 4.79 Å². The van der Waals surface area contributed by atoms with Crippen molar-refractivity contribution in [1.29, 1.82) is 0 Å². The van der Waals surface area contributed by atoms with Crippen LogP contribution in [-0.4, -0.2) is 26.7 Å². The standard InChI is InChI=1S/C21H22N4O/c26-21(17-10-12-18(13-11-17)25-14-22-23-15-25)24-20-9-5-4-8-19(20)16-6-2-1-3-7-16/h1-3,6-7,10-15,19-20H,4-5,8-9H2,(H,24,26). The van der Waals surface area contributed by atoms with E-state index in [1.54, 1.807) is 12.7 Å². The van der Waals surface area contributed by atoms with Crippen LogP contribution in [-0.2, 0) is 0 Å². The summed E-state index contributed by atoms with van der Waals surface area (Å²) in [6, 6.07) is 18.2. The summed E-state index contributed by atoms with van der Waals surface area (Å²) in [4.78, 5) is 12.7. The molecule has 132 valence electrons. The van der Waals surface area contributed by atoms with E-state index in [0.717, 1.165) is 18.5 Å². The molecular formula is C21H22N4O. The summed E-state index contributed by atoms with van der Waals surface area (Å²) in [7, 11) is 0. The highest BCUT2D eigenvalue weighted by Crippen LogP contribution is 2.33. The summed E-state index contributed by atoms with van der Waals surface area (Å²) in [5, 5.41) is 10.9. The second kappa shape index (κ2) is 7.52. The zero-order valence-electron chi connectivity index (χ0n) is 14.6. The summed E-state index contributed by atoms with van der Waals surface area (Å²) in [6.45, 7) is 0. The van der Waals surface area contributed by atoms with Crippen LogP contribution in [0.15, 0.2) is 67.3 Å². The van der Waals surface area contributed by atoms with Gasteiger partial charge in [-0.3, -0.25) is 9.36 Å². The van der Waals surface area contributed by atoms with E-state index in [-0.39, 0.29) is 11.9 Å². The Morgan fingerprint density at radius 3 is 2.35 bits per heavy atom. The van der Waals surface area contributed by atoms with Crippen LogP contribution in [0.2, 0.25) is 0 Å². The summed E-state index contributed by atoms with van der Waals surface area (Å²) >= 11 is 0. The van der Waals surface area contributed by atoms with Gasteiger partial charge in [-0.05, 0) is 42.7 Å². The van der Waals surface area contributed by atoms with Gasteiger partial charge in [-0.15, -0.1) is 10.2 Å². The van der Waals surface area contributed by atoms with Crippen LogP contribution in [0.25, 0.3) is 5.69 Å². The Balaban J connectivity index is 1.48. The molecule has 1 saturated carbocycles. The number of amides is 1. The van der Waals surface area contributed by atoms with Gasteiger partial charge in [0.15, 0.2) is 0 Å². The van der Waals surface area contributed by atoms with Gasteiger partial charge in [-0.2, -0.15) is 0 Å². The molecule has 0 spiro atoms. The Labute approximate surface area is 153 Å². The average molecular weight is 346 g/mol. The van der Waals surface area contributed by atoms with E-state index in [1.165, 1.54) is 18.4 Å². The average Bonchev–Trinajstić information content (AvgIpc) is 3.24. The fourth-order valence-electron chi connectivity index (χ4n) is 3.77. The Bertz CT molecular complexity index is 843. The van der Waals surface area contributed by atoms with Crippen LogP contribution in [0.1, 0.15) is 47.5 Å². The molecule has 2 aromatic carbocycles. The largest absolute Gasteiger partial charge is 0.349 e. The molecular weight excluding hydrogens is 324 g/mol. The molecule has 5 heteroatoms. The Kier molecular flexibility index (Phi) is 4.78. The van der Waals surface area contributed by atoms with Crippen LogP contribution >= 0.6 is 0 Å². The van der Waals surface area contributed by atoms with Gasteiger partial charge in [-0.1, -0.05) is 43.2 Å². The van der Waals surface area contributed by atoms with Crippen molar-refractivity contribution in [1.82, 2.24) is 20.1 Å². The molecule has 1 amide bonds. The van der Waals surface area contributed by atoms with E-state index in [0.29, 0.717) is 11.5 Å². The summed E-state index contributed by atoms with van der Waals surface area (Å²) in [6.07, 6.45) is 7.83. The number of carbonyl (C=O) groups excluding carboxylic acids is 1. The normalized spacial score (nSPS) is 19.8. The first kappa shape index (κ1) is 16.5. The number of aromatic nitrogens is 3. The van der Waals surface area contributed by atoms with Crippen LogP contribution in [0, 0.1) is 0 Å². The summed E-state index contributed by atoms with van der Waals surface area (Å²) in [5.41, 5.74) is 2.94. The third kappa shape index (κ3) is 3.52. The fraction of sp³-hybridized carbons (Fsp3) is 0.286. The van der Waals surface area contributed by atoms with Gasteiger partial charge in [0, 0.05) is 23.2 Å². The molecule has 1 aliphatic carbocycles. The van der Waals surface area contributed by atoms with E-state index < -0.39 is 0 Å². The smallest absolute Gasteiger partial charge is 0.251 e. The molecule has 26 heavy (non-hydrogen) atoms. The van der Waals surface area contributed by atoms with Crippen LogP contribution in [0.3, 0.4) is 0 Å². The highest BCUT2D eigenvalue weighted by Gasteiger charge is 2.27. The van der Waals surface area contributed by atoms with Gasteiger partial charge in [0.2, 0.25) is 0 Å². The van der Waals surface area contributed by atoms with Gasteiger partial charge < -0.3 is 5.32 Å². The minimum Gasteiger partial charge on any atom is -0.349 e. The van der Waals surface area contributed by atoms with Crippen molar-refractivity contribution in [2.45, 2.75) is 37.6 Å². The molecule has 2 atom stereocenters. The predicted molar refractivity (Wildman–Crippen MR) is 100 cm³/mol. The molecule has 0 radical (unpaired) electrons. The molecule has 0 aliphatic heterocycles. The maximum Gasteiger partial charge on any atom is 0.251 e. The molecule has 1 heterocycles. The number of nitrogens with one attached hydrogen (secondary N) is 1. The maximum absolute atomic E-state index is 12.7. The molecule has 1 aromatic heterocycles. The topological polar surface area (TPSA) is 59.8 Å². The molecule has 1 aliphatic rings. The molecule has 4 rings (SSSR count). The lowest BCUT2D eigenvalue weighted by Crippen LogP contribution is -2.41. The number of hydrogen-bond donors (Lipinski definition) is 1. The van der Waals surface area contributed by atoms with E-state index in [4.69, 9.17) is 0 Å². The van der Waals surface area contributed by atoms with Crippen LogP contribution < -0.4 is 5.32 Å². The molecule has 2 unspecified atom stereocenters. The van der Waals surface area contributed by atoms with Gasteiger partial charge in [-0.25, -0.2) is 0 Å². The van der Waals surface area contributed by atoms with Crippen molar-refractivity contribution in [3.63, 3.8) is 0 Å². The minimum atomic E-state index is -0.00635. The van der Waals surface area contributed by atoms with Crippen molar-refractivity contribution >= 4 is 5.91 Å². The second-order valence-corrected chi connectivity index (χ2v) is 6.80. The fourth-order valence-corrected chi connectivity index (χ4v) is 3.77. The van der Waals surface area contributed by atoms with Crippen LogP contribution in [0.4, 0.5) is 0 Å². The van der Waals surface area contributed by atoms with Crippen LogP contribution in [0.5, 0.6) is 0 Å². The minimum absolute atomic E-state index is 0.00635. The first-order valence-electron chi connectivity index (χ1n) is 9.12. The Morgan fingerprint density at radius 1 is 0.923 bits per heavy atom. The van der Waals surface area contributed by atoms with Crippen molar-refractivity contribution in [3.05, 3.63) is 78.4 Å². The van der Waals surface area contributed by atoms with E-state index >= 15 is 0 Å². The highest BCUT2D eigenvalue weighted by molar-refractivity contribution is 5.94. The van der Waals surface area contributed by atoms with Gasteiger partial charge in [0.05, 0.1) is 0 Å². The zero-order valence-corrected chi connectivity index (χ0v) is 14.6. The molecule has 0 saturated heterocycles. The second-order valence-electron chi connectivity index (χ2n) is 6.80. The SMILES string of the molecule is O=C(NC1CCCCC1c1ccccc1)c1ccc(-n2cnnc2)cc1. The first-order valence-corrected chi connectivity index (χ1v) is 9.12. The lowest BCUT2D eigenvalue weighted by molar-refractivity contribution is 0.0921. The monoisotopic (exact) mass is 346 g/mol. The van der Waals surface area contributed by atoms with Gasteiger partial charge >= 0.3 is 0 Å². The summed E-state index contributed by atoms with van der Waals surface area (Å²) in [5.74, 6) is 0.387. The Morgan fingerprint density at radius 2 is 1.62 bits per heavy atom. The number of carbonyl (C=O) groups is 1. The zero-order chi connectivity index (χ0) is 17.8. The van der Waals surface area contributed by atoms with Gasteiger partial charge in [0.1, 0.15) is 12.7 Å². The van der Waals surface area contributed by atoms with Crippen molar-refractivity contribution in [3.8, 4) is 5.69 Å². The number of rotatable bonds is 4. The molecule has 1 fully saturated rings. The number of hydrogen-bond acceptors (Lipinski definition) is 3. The molecule has 0 bridgehead atoms. The quantitative estimate of drug-likeness (QED) is 0.783. The van der Waals surface area contributed by atoms with Crippen molar-refractivity contribution in [2.75, 3.05) is 0 Å². The summed E-state index contributed by atoms with van der Waals surface area (Å²) < 4.78 is 1.81. The number of nitrogens with zero attached hydrogens (tertiary/aromatic N) is 3. The lowest BCUT2D eigenvalue weighted by Gasteiger charge is -2.32. The van der Waals surface area contributed by atoms with Crippen molar-refractivity contribution in [2.24, 2.45) is 0 Å². The third-order valence-electron chi connectivity index (χ3n) is 5.16. The predicted octanol–water partition coefficient (Wildman–Crippen LogP) is 3.72. The maximum atomic E-state index is 12.7. The number of benzene rings is 2.